The van der Waals surface area contributed by atoms with Gasteiger partial charge < -0.3 is 15.4 Å². The van der Waals surface area contributed by atoms with Gasteiger partial charge in [0.2, 0.25) is 11.8 Å². The summed E-state index contributed by atoms with van der Waals surface area (Å²) in [5.74, 6) is -0.176. The van der Waals surface area contributed by atoms with Crippen molar-refractivity contribution in [3.05, 3.63) is 54.1 Å². The number of ether oxygens (including phenoxy) is 1. The largest absolute Gasteiger partial charge is 0.497 e. The second-order valence-corrected chi connectivity index (χ2v) is 7.33. The lowest BCUT2D eigenvalue weighted by atomic mass is 10.2. The highest BCUT2D eigenvalue weighted by atomic mass is 32.2. The number of nitrogens with one attached hydrogen (secondary N) is 4. The third-order valence-electron chi connectivity index (χ3n) is 3.64. The van der Waals surface area contributed by atoms with Gasteiger partial charge in [-0.2, -0.15) is 13.2 Å². The number of alkyl halides is 3. The number of rotatable bonds is 7. The van der Waals surface area contributed by atoms with Crippen LogP contribution in [0.1, 0.15) is 5.56 Å². The van der Waals surface area contributed by atoms with Crippen molar-refractivity contribution in [2.45, 2.75) is 6.18 Å². The molecule has 0 radical (unpaired) electrons. The third kappa shape index (κ3) is 8.34. The molecule has 31 heavy (non-hydrogen) atoms. The quantitative estimate of drug-likeness (QED) is 0.363. The number of thioether (sulfide) groups is 1. The van der Waals surface area contributed by atoms with Gasteiger partial charge in [-0.3, -0.25) is 20.4 Å². The molecule has 0 aliphatic carbocycles. The average molecular weight is 473 g/mol. The van der Waals surface area contributed by atoms with E-state index in [2.05, 4.69) is 21.5 Å². The standard InChI is InChI=1S/C19H19F3N4O3S2/c1-29-13-8-6-12(7-9-13)23-16(27)10-31-11-17(28)25-26-18(30)24-15-5-3-2-4-14(15)19(20,21)22/h2-9H,10-11H2,1H3,(H,23,27)(H,25,28)(H2,24,26,30). The Balaban J connectivity index is 1.70. The van der Waals surface area contributed by atoms with E-state index in [0.29, 0.717) is 11.4 Å². The first-order chi connectivity index (χ1) is 14.7. The summed E-state index contributed by atoms with van der Waals surface area (Å²) in [6.45, 7) is 0. The normalized spacial score (nSPS) is 10.7. The first kappa shape index (κ1) is 24.3. The fourth-order valence-corrected chi connectivity index (χ4v) is 3.04. The van der Waals surface area contributed by atoms with Crippen LogP contribution in [0, 0.1) is 0 Å². The zero-order valence-electron chi connectivity index (χ0n) is 16.2. The number of methoxy groups -OCH3 is 1. The number of benzene rings is 2. The summed E-state index contributed by atoms with van der Waals surface area (Å²) in [6, 6.07) is 11.6. The van der Waals surface area contributed by atoms with E-state index in [1.807, 2.05) is 0 Å². The summed E-state index contributed by atoms with van der Waals surface area (Å²) in [5.41, 5.74) is 4.04. The molecule has 2 rings (SSSR count). The zero-order chi connectivity index (χ0) is 22.9. The Labute approximate surface area is 186 Å². The molecule has 0 heterocycles. The van der Waals surface area contributed by atoms with Crippen LogP contribution in [0.5, 0.6) is 5.75 Å². The van der Waals surface area contributed by atoms with Crippen molar-refractivity contribution < 1.29 is 27.5 Å². The van der Waals surface area contributed by atoms with Crippen LogP contribution in [-0.2, 0) is 15.8 Å². The van der Waals surface area contributed by atoms with Crippen LogP contribution in [0.2, 0.25) is 0 Å². The highest BCUT2D eigenvalue weighted by Gasteiger charge is 2.33. The smallest absolute Gasteiger partial charge is 0.418 e. The lowest BCUT2D eigenvalue weighted by molar-refractivity contribution is -0.137. The monoisotopic (exact) mass is 472 g/mol. The molecule has 0 bridgehead atoms. The molecule has 0 unspecified atom stereocenters. The molecule has 2 aromatic rings. The Morgan fingerprint density at radius 3 is 2.26 bits per heavy atom. The number of carbonyl (C=O) groups is 2. The molecule has 2 aromatic carbocycles. The second kappa shape index (κ2) is 11.4. The number of carbonyl (C=O) groups excluding carboxylic acids is 2. The molecule has 166 valence electrons. The molecule has 0 atom stereocenters. The van der Waals surface area contributed by atoms with Gasteiger partial charge in [-0.25, -0.2) is 0 Å². The first-order valence-corrected chi connectivity index (χ1v) is 10.3. The summed E-state index contributed by atoms with van der Waals surface area (Å²) in [7, 11) is 1.54. The molecular weight excluding hydrogens is 453 g/mol. The van der Waals surface area contributed by atoms with Crippen LogP contribution >= 0.6 is 24.0 Å². The number of hydrazine groups is 1. The number of hydrogen-bond acceptors (Lipinski definition) is 5. The van der Waals surface area contributed by atoms with Gasteiger partial charge in [0.25, 0.3) is 0 Å². The fraction of sp³-hybridized carbons (Fsp3) is 0.211. The number of para-hydroxylation sites is 1. The summed E-state index contributed by atoms with van der Waals surface area (Å²) in [5, 5.41) is 4.85. The van der Waals surface area contributed by atoms with Crippen LogP contribution in [0.4, 0.5) is 24.5 Å². The maximum absolute atomic E-state index is 13.0. The van der Waals surface area contributed by atoms with Gasteiger partial charge in [-0.1, -0.05) is 12.1 Å². The van der Waals surface area contributed by atoms with Crippen molar-refractivity contribution in [3.63, 3.8) is 0 Å². The minimum atomic E-state index is -4.55. The number of anilines is 2. The van der Waals surface area contributed by atoms with Crippen molar-refractivity contribution in [2.75, 3.05) is 29.2 Å². The first-order valence-electron chi connectivity index (χ1n) is 8.72. The van der Waals surface area contributed by atoms with E-state index in [9.17, 15) is 22.8 Å². The van der Waals surface area contributed by atoms with Crippen molar-refractivity contribution in [2.24, 2.45) is 0 Å². The van der Waals surface area contributed by atoms with E-state index in [-0.39, 0.29) is 28.2 Å². The minimum absolute atomic E-state index is 0.0289. The molecule has 2 amide bonds. The van der Waals surface area contributed by atoms with E-state index >= 15 is 0 Å². The van der Waals surface area contributed by atoms with Gasteiger partial charge in [0.05, 0.1) is 29.9 Å². The summed E-state index contributed by atoms with van der Waals surface area (Å²) in [6.07, 6.45) is -4.55. The van der Waals surface area contributed by atoms with E-state index < -0.39 is 17.6 Å². The molecule has 7 nitrogen and oxygen atoms in total. The van der Waals surface area contributed by atoms with Crippen LogP contribution in [0.3, 0.4) is 0 Å². The van der Waals surface area contributed by atoms with E-state index in [1.165, 1.54) is 25.3 Å². The Morgan fingerprint density at radius 1 is 0.968 bits per heavy atom. The molecule has 0 saturated heterocycles. The maximum atomic E-state index is 13.0. The Hall–Kier alpha value is -2.99. The summed E-state index contributed by atoms with van der Waals surface area (Å²) >= 11 is 5.95. The minimum Gasteiger partial charge on any atom is -0.497 e. The molecule has 0 fully saturated rings. The van der Waals surface area contributed by atoms with Crippen LogP contribution in [-0.4, -0.2) is 35.5 Å². The van der Waals surface area contributed by atoms with Crippen LogP contribution in [0.15, 0.2) is 48.5 Å². The lowest BCUT2D eigenvalue weighted by Gasteiger charge is -2.16. The van der Waals surface area contributed by atoms with Crippen LogP contribution in [0.25, 0.3) is 0 Å². The van der Waals surface area contributed by atoms with Gasteiger partial charge in [-0.15, -0.1) is 11.8 Å². The zero-order valence-corrected chi connectivity index (χ0v) is 17.8. The van der Waals surface area contributed by atoms with E-state index in [1.54, 1.807) is 24.3 Å². The average Bonchev–Trinajstić information content (AvgIpc) is 2.72. The predicted octanol–water partition coefficient (Wildman–Crippen LogP) is 3.40. The molecular formula is C19H19F3N4O3S2. The van der Waals surface area contributed by atoms with E-state index in [0.717, 1.165) is 17.8 Å². The summed E-state index contributed by atoms with van der Waals surface area (Å²) < 4.78 is 44.0. The number of hydrogen-bond donors (Lipinski definition) is 4. The van der Waals surface area contributed by atoms with Crippen molar-refractivity contribution >= 4 is 52.3 Å². The Bertz CT molecular complexity index is 924. The Morgan fingerprint density at radius 2 is 1.61 bits per heavy atom. The van der Waals surface area contributed by atoms with E-state index in [4.69, 9.17) is 17.0 Å². The molecule has 0 aliphatic rings. The SMILES string of the molecule is COc1ccc(NC(=O)CSCC(=O)NNC(=S)Nc2ccccc2C(F)(F)F)cc1. The van der Waals surface area contributed by atoms with Crippen molar-refractivity contribution in [3.8, 4) is 5.75 Å². The number of thiocarbonyl (C=S) groups is 1. The Kier molecular flexibility index (Phi) is 8.94. The van der Waals surface area contributed by atoms with Gasteiger partial charge in [0, 0.05) is 5.69 Å². The van der Waals surface area contributed by atoms with Crippen molar-refractivity contribution in [1.29, 1.82) is 0 Å². The summed E-state index contributed by atoms with van der Waals surface area (Å²) in [4.78, 5) is 23.7. The highest BCUT2D eigenvalue weighted by Crippen LogP contribution is 2.34. The second-order valence-electron chi connectivity index (χ2n) is 5.94. The van der Waals surface area contributed by atoms with Crippen molar-refractivity contribution in [1.82, 2.24) is 10.9 Å². The molecule has 0 aliphatic heterocycles. The molecule has 4 N–H and O–H groups in total. The topological polar surface area (TPSA) is 91.5 Å². The molecule has 12 heteroatoms. The highest BCUT2D eigenvalue weighted by molar-refractivity contribution is 8.00. The molecule has 0 spiro atoms. The lowest BCUT2D eigenvalue weighted by Crippen LogP contribution is -2.44. The van der Waals surface area contributed by atoms with Gasteiger partial charge in [-0.05, 0) is 48.6 Å². The fourth-order valence-electron chi connectivity index (χ4n) is 2.26. The van der Waals surface area contributed by atoms with Gasteiger partial charge in [0.1, 0.15) is 5.75 Å². The number of halogens is 3. The predicted molar refractivity (Wildman–Crippen MR) is 118 cm³/mol. The van der Waals surface area contributed by atoms with Crippen LogP contribution < -0.4 is 26.2 Å². The third-order valence-corrected chi connectivity index (χ3v) is 4.77. The van der Waals surface area contributed by atoms with Gasteiger partial charge in [0.15, 0.2) is 5.11 Å². The number of amides is 2. The molecule has 0 aromatic heterocycles. The maximum Gasteiger partial charge on any atom is 0.418 e. The molecule has 0 saturated carbocycles. The van der Waals surface area contributed by atoms with Gasteiger partial charge >= 0.3 is 6.18 Å².